The summed E-state index contributed by atoms with van der Waals surface area (Å²) in [4.78, 5) is 0. The Morgan fingerprint density at radius 2 is 1.85 bits per heavy atom. The van der Waals surface area contributed by atoms with Crippen molar-refractivity contribution in [1.82, 2.24) is 0 Å². The van der Waals surface area contributed by atoms with Crippen molar-refractivity contribution in [3.63, 3.8) is 0 Å². The normalized spacial score (nSPS) is 16.6. The molecule has 2 heteroatoms. The van der Waals surface area contributed by atoms with Crippen LogP contribution in [-0.4, -0.2) is 0 Å². The molecule has 1 atom stereocenters. The summed E-state index contributed by atoms with van der Waals surface area (Å²) >= 11 is 6.40. The Hall–Kier alpha value is -2.25. The molecular formula is C25H25ClO. The fraction of sp³-hybridized carbons (Fsp3) is 0.280. The second-order valence-corrected chi connectivity index (χ2v) is 7.81. The van der Waals surface area contributed by atoms with Crippen LogP contribution in [0, 0.1) is 6.92 Å². The number of aryl methyl sites for hydroxylation is 1. The van der Waals surface area contributed by atoms with Crippen molar-refractivity contribution in [1.29, 1.82) is 0 Å². The van der Waals surface area contributed by atoms with Gasteiger partial charge in [0.05, 0.1) is 12.5 Å². The van der Waals surface area contributed by atoms with Gasteiger partial charge in [-0.15, -0.1) is 0 Å². The van der Waals surface area contributed by atoms with Crippen LogP contribution in [0.5, 0.6) is 0 Å². The van der Waals surface area contributed by atoms with Crippen molar-refractivity contribution in [2.45, 2.75) is 45.4 Å². The van der Waals surface area contributed by atoms with E-state index in [1.165, 1.54) is 40.7 Å². The van der Waals surface area contributed by atoms with Gasteiger partial charge in [-0.2, -0.15) is 0 Å². The quantitative estimate of drug-likeness (QED) is 0.426. The van der Waals surface area contributed by atoms with E-state index in [9.17, 15) is 0 Å². The first-order chi connectivity index (χ1) is 13.2. The Morgan fingerprint density at radius 1 is 1.04 bits per heavy atom. The summed E-state index contributed by atoms with van der Waals surface area (Å²) in [6, 6.07) is 12.8. The molecule has 0 aliphatic heterocycles. The minimum atomic E-state index is 0.681. The monoisotopic (exact) mass is 376 g/mol. The summed E-state index contributed by atoms with van der Waals surface area (Å²) in [6.45, 7) is 4.30. The highest BCUT2D eigenvalue weighted by molar-refractivity contribution is 6.31. The third-order valence-corrected chi connectivity index (χ3v) is 6.06. The molecule has 1 heterocycles. The third kappa shape index (κ3) is 3.49. The highest BCUT2D eigenvalue weighted by Crippen LogP contribution is 2.44. The molecule has 0 spiro atoms. The molecule has 0 fully saturated rings. The highest BCUT2D eigenvalue weighted by Gasteiger charge is 2.25. The number of furan rings is 1. The maximum atomic E-state index is 6.40. The molecule has 1 aromatic heterocycles. The largest absolute Gasteiger partial charge is 0.472 e. The van der Waals surface area contributed by atoms with Crippen molar-refractivity contribution < 1.29 is 4.42 Å². The molecule has 3 aromatic rings. The van der Waals surface area contributed by atoms with Gasteiger partial charge in [0.1, 0.15) is 0 Å². The van der Waals surface area contributed by atoms with Gasteiger partial charge in [-0.3, -0.25) is 0 Å². The van der Waals surface area contributed by atoms with Gasteiger partial charge in [-0.1, -0.05) is 54.9 Å². The van der Waals surface area contributed by atoms with E-state index in [0.29, 0.717) is 5.92 Å². The Bertz CT molecular complexity index is 966. The second-order valence-electron chi connectivity index (χ2n) is 7.40. The van der Waals surface area contributed by atoms with E-state index in [0.717, 1.165) is 17.9 Å². The average molecular weight is 377 g/mol. The minimum absolute atomic E-state index is 0.681. The van der Waals surface area contributed by atoms with Crippen LogP contribution in [0.15, 0.2) is 59.4 Å². The summed E-state index contributed by atoms with van der Waals surface area (Å²) in [7, 11) is 0. The Balaban J connectivity index is 0.000000257. The van der Waals surface area contributed by atoms with Gasteiger partial charge in [0.2, 0.25) is 0 Å². The van der Waals surface area contributed by atoms with Gasteiger partial charge < -0.3 is 4.42 Å². The lowest BCUT2D eigenvalue weighted by Gasteiger charge is -2.29. The van der Waals surface area contributed by atoms with Crippen molar-refractivity contribution in [2.75, 3.05) is 0 Å². The number of fused-ring (bicyclic) bond motifs is 5. The molecule has 5 rings (SSSR count). The molecule has 1 unspecified atom stereocenters. The molecular weight excluding hydrogens is 352 g/mol. The Labute approximate surface area is 166 Å². The summed E-state index contributed by atoms with van der Waals surface area (Å²) in [5.41, 5.74) is 9.85. The highest BCUT2D eigenvalue weighted by atomic mass is 35.5. The average Bonchev–Trinajstić information content (AvgIpc) is 3.18. The lowest BCUT2D eigenvalue weighted by Crippen LogP contribution is -2.13. The first-order valence-corrected chi connectivity index (χ1v) is 10.2. The minimum Gasteiger partial charge on any atom is -0.472 e. The molecule has 0 amide bonds. The van der Waals surface area contributed by atoms with Gasteiger partial charge >= 0.3 is 0 Å². The smallest absolute Gasteiger partial charge is 0.0931 e. The number of halogens is 1. The van der Waals surface area contributed by atoms with Crippen molar-refractivity contribution in [2.24, 2.45) is 0 Å². The Kier molecular flexibility index (Phi) is 5.22. The lowest BCUT2D eigenvalue weighted by atomic mass is 9.75. The molecule has 0 saturated carbocycles. The van der Waals surface area contributed by atoms with Crippen LogP contribution in [-0.2, 0) is 12.8 Å². The summed E-state index contributed by atoms with van der Waals surface area (Å²) < 4.78 is 4.71. The van der Waals surface area contributed by atoms with Crippen LogP contribution < -0.4 is 0 Å². The molecule has 2 aromatic carbocycles. The SMILES string of the molecule is CCC1CC=Cc2ccc3c(c21)CCc1c(Cl)cccc1-3.Cc1ccoc1. The van der Waals surface area contributed by atoms with E-state index in [2.05, 4.69) is 43.3 Å². The van der Waals surface area contributed by atoms with E-state index in [4.69, 9.17) is 16.0 Å². The van der Waals surface area contributed by atoms with E-state index < -0.39 is 0 Å². The predicted molar refractivity (Wildman–Crippen MR) is 114 cm³/mol. The van der Waals surface area contributed by atoms with Crippen LogP contribution in [0.25, 0.3) is 17.2 Å². The number of benzene rings is 2. The summed E-state index contributed by atoms with van der Waals surface area (Å²) in [6.07, 6.45) is 12.6. The molecule has 0 bridgehead atoms. The van der Waals surface area contributed by atoms with Gasteiger partial charge in [0.25, 0.3) is 0 Å². The maximum absolute atomic E-state index is 6.40. The van der Waals surface area contributed by atoms with E-state index in [1.54, 1.807) is 23.7 Å². The van der Waals surface area contributed by atoms with Crippen LogP contribution in [0.2, 0.25) is 5.02 Å². The van der Waals surface area contributed by atoms with Gasteiger partial charge in [-0.05, 0) is 89.6 Å². The molecule has 1 nitrogen and oxygen atoms in total. The van der Waals surface area contributed by atoms with Crippen LogP contribution >= 0.6 is 11.6 Å². The van der Waals surface area contributed by atoms with E-state index in [1.807, 2.05) is 19.1 Å². The summed E-state index contributed by atoms with van der Waals surface area (Å²) in [5.74, 6) is 0.681. The van der Waals surface area contributed by atoms with Crippen LogP contribution in [0.1, 0.15) is 53.5 Å². The standard InChI is InChI=1S/C20H19Cl.C5H6O/c1-2-13-5-3-6-14-9-10-16-15-7-4-8-19(21)17(15)11-12-18(16)20(13)14;1-5-2-3-6-4-5/h3-4,6-10,13H,2,5,11-12H2,1H3;2-4H,1H3. The molecule has 0 radical (unpaired) electrons. The van der Waals surface area contributed by atoms with Crippen LogP contribution in [0.3, 0.4) is 0 Å². The van der Waals surface area contributed by atoms with Gasteiger partial charge in [-0.25, -0.2) is 0 Å². The molecule has 27 heavy (non-hydrogen) atoms. The van der Waals surface area contributed by atoms with Gasteiger partial charge in [0, 0.05) is 5.02 Å². The Morgan fingerprint density at radius 3 is 2.56 bits per heavy atom. The zero-order valence-corrected chi connectivity index (χ0v) is 16.7. The predicted octanol–water partition coefficient (Wildman–Crippen LogP) is 7.60. The molecule has 0 saturated heterocycles. The number of rotatable bonds is 1. The fourth-order valence-electron chi connectivity index (χ4n) is 4.33. The topological polar surface area (TPSA) is 13.1 Å². The zero-order chi connectivity index (χ0) is 18.8. The number of hydrogen-bond donors (Lipinski definition) is 0. The first-order valence-electron chi connectivity index (χ1n) is 9.78. The molecule has 138 valence electrons. The first kappa shape index (κ1) is 18.1. The maximum Gasteiger partial charge on any atom is 0.0931 e. The third-order valence-electron chi connectivity index (χ3n) is 5.71. The molecule has 2 aliphatic carbocycles. The van der Waals surface area contributed by atoms with Crippen molar-refractivity contribution in [3.05, 3.63) is 87.8 Å². The molecule has 2 aliphatic rings. The second kappa shape index (κ2) is 7.78. The zero-order valence-electron chi connectivity index (χ0n) is 16.0. The fourth-order valence-corrected chi connectivity index (χ4v) is 4.60. The van der Waals surface area contributed by atoms with E-state index >= 15 is 0 Å². The van der Waals surface area contributed by atoms with E-state index in [-0.39, 0.29) is 0 Å². The van der Waals surface area contributed by atoms with Crippen molar-refractivity contribution in [3.8, 4) is 11.1 Å². The summed E-state index contributed by atoms with van der Waals surface area (Å²) in [5, 5.41) is 0.919. The lowest BCUT2D eigenvalue weighted by molar-refractivity contribution is 0.565. The van der Waals surface area contributed by atoms with Gasteiger partial charge in [0.15, 0.2) is 0 Å². The van der Waals surface area contributed by atoms with Crippen molar-refractivity contribution >= 4 is 17.7 Å². The molecule has 0 N–H and O–H groups in total. The number of hydrogen-bond acceptors (Lipinski definition) is 1. The van der Waals surface area contributed by atoms with Crippen LogP contribution in [0.4, 0.5) is 0 Å². The number of allylic oxidation sites excluding steroid dienone is 1.